The van der Waals surface area contributed by atoms with Crippen LogP contribution < -0.4 is 4.80 Å². The summed E-state index contributed by atoms with van der Waals surface area (Å²) in [4.78, 5) is 5.18. The summed E-state index contributed by atoms with van der Waals surface area (Å²) in [5.41, 5.74) is 0.594. The predicted molar refractivity (Wildman–Crippen MR) is 97.4 cm³/mol. The molecule has 0 amide bonds. The van der Waals surface area contributed by atoms with Crippen molar-refractivity contribution in [2.75, 3.05) is 0 Å². The number of hydrogen-bond acceptors (Lipinski definition) is 2. The SMILES string of the molecule is CCCCc1csc(=Nc2ccc(Cl)c(C(F)(F)F)c2)n1CC(C)C. The lowest BCUT2D eigenvalue weighted by molar-refractivity contribution is -0.137. The number of thiazole rings is 1. The van der Waals surface area contributed by atoms with E-state index >= 15 is 0 Å². The second-order valence-electron chi connectivity index (χ2n) is 6.39. The molecule has 0 aliphatic rings. The van der Waals surface area contributed by atoms with Crippen LogP contribution in [0.3, 0.4) is 0 Å². The Labute approximate surface area is 155 Å². The van der Waals surface area contributed by atoms with Crippen LogP contribution in [0.2, 0.25) is 5.02 Å². The van der Waals surface area contributed by atoms with Crippen LogP contribution in [0.1, 0.15) is 44.9 Å². The molecule has 0 fully saturated rings. The molecule has 2 rings (SSSR count). The number of alkyl halides is 3. The molecule has 2 aromatic rings. The van der Waals surface area contributed by atoms with Gasteiger partial charge in [-0.05, 0) is 37.0 Å². The average molecular weight is 391 g/mol. The molecular weight excluding hydrogens is 369 g/mol. The van der Waals surface area contributed by atoms with Gasteiger partial charge in [0, 0.05) is 17.6 Å². The molecule has 0 N–H and O–H groups in total. The highest BCUT2D eigenvalue weighted by atomic mass is 35.5. The number of benzene rings is 1. The summed E-state index contributed by atoms with van der Waals surface area (Å²) in [6.07, 6.45) is -1.37. The quantitative estimate of drug-likeness (QED) is 0.539. The molecule has 0 aliphatic heterocycles. The number of halogens is 4. The fourth-order valence-corrected chi connectivity index (χ4v) is 3.67. The first-order chi connectivity index (χ1) is 11.7. The third-order valence-corrected chi connectivity index (χ3v) is 4.93. The van der Waals surface area contributed by atoms with Gasteiger partial charge in [0.1, 0.15) is 0 Å². The minimum Gasteiger partial charge on any atom is -0.321 e. The third kappa shape index (κ3) is 5.35. The van der Waals surface area contributed by atoms with Crippen molar-refractivity contribution in [3.8, 4) is 0 Å². The molecule has 25 heavy (non-hydrogen) atoms. The van der Waals surface area contributed by atoms with Crippen molar-refractivity contribution in [2.45, 2.75) is 52.8 Å². The normalized spacial score (nSPS) is 13.0. The van der Waals surface area contributed by atoms with Crippen molar-refractivity contribution in [2.24, 2.45) is 10.9 Å². The van der Waals surface area contributed by atoms with E-state index in [9.17, 15) is 13.2 Å². The minimum atomic E-state index is -4.49. The van der Waals surface area contributed by atoms with Gasteiger partial charge in [0.25, 0.3) is 0 Å². The van der Waals surface area contributed by atoms with Crippen LogP contribution in [0.5, 0.6) is 0 Å². The largest absolute Gasteiger partial charge is 0.417 e. The zero-order chi connectivity index (χ0) is 18.6. The lowest BCUT2D eigenvalue weighted by Gasteiger charge is -2.12. The first-order valence-electron chi connectivity index (χ1n) is 8.31. The van der Waals surface area contributed by atoms with Crippen LogP contribution in [-0.2, 0) is 19.1 Å². The van der Waals surface area contributed by atoms with Crippen LogP contribution in [0.15, 0.2) is 28.6 Å². The van der Waals surface area contributed by atoms with Crippen molar-refractivity contribution in [3.05, 3.63) is 44.7 Å². The van der Waals surface area contributed by atoms with Crippen LogP contribution in [-0.4, -0.2) is 4.57 Å². The molecule has 0 unspecified atom stereocenters. The maximum Gasteiger partial charge on any atom is 0.417 e. The highest BCUT2D eigenvalue weighted by Crippen LogP contribution is 2.36. The minimum absolute atomic E-state index is 0.262. The average Bonchev–Trinajstić information content (AvgIpc) is 2.87. The zero-order valence-electron chi connectivity index (χ0n) is 14.5. The fourth-order valence-electron chi connectivity index (χ4n) is 2.48. The Morgan fingerprint density at radius 2 is 2.00 bits per heavy atom. The van der Waals surface area contributed by atoms with E-state index in [0.717, 1.165) is 36.7 Å². The number of unbranched alkanes of at least 4 members (excludes halogenated alkanes) is 1. The van der Waals surface area contributed by atoms with Crippen molar-refractivity contribution in [3.63, 3.8) is 0 Å². The zero-order valence-corrected chi connectivity index (χ0v) is 16.1. The van der Waals surface area contributed by atoms with Gasteiger partial charge in [-0.3, -0.25) is 0 Å². The highest BCUT2D eigenvalue weighted by molar-refractivity contribution is 7.07. The molecule has 0 aliphatic carbocycles. The van der Waals surface area contributed by atoms with Crippen molar-refractivity contribution >= 4 is 28.6 Å². The van der Waals surface area contributed by atoms with Gasteiger partial charge in [0.15, 0.2) is 4.80 Å². The van der Waals surface area contributed by atoms with E-state index in [1.54, 1.807) is 0 Å². The van der Waals surface area contributed by atoms with Gasteiger partial charge in [-0.25, -0.2) is 4.99 Å². The Morgan fingerprint density at radius 3 is 2.60 bits per heavy atom. The lowest BCUT2D eigenvalue weighted by Crippen LogP contribution is -2.20. The van der Waals surface area contributed by atoms with Crippen molar-refractivity contribution in [1.29, 1.82) is 0 Å². The summed E-state index contributed by atoms with van der Waals surface area (Å²) in [7, 11) is 0. The summed E-state index contributed by atoms with van der Waals surface area (Å²) in [6, 6.07) is 3.78. The van der Waals surface area contributed by atoms with Gasteiger partial charge in [-0.15, -0.1) is 11.3 Å². The molecule has 0 saturated heterocycles. The Morgan fingerprint density at radius 1 is 1.28 bits per heavy atom. The van der Waals surface area contributed by atoms with E-state index in [-0.39, 0.29) is 10.7 Å². The van der Waals surface area contributed by atoms with E-state index in [4.69, 9.17) is 11.6 Å². The van der Waals surface area contributed by atoms with Gasteiger partial charge in [-0.1, -0.05) is 38.8 Å². The molecule has 0 bridgehead atoms. The Kier molecular flexibility index (Phi) is 6.74. The number of nitrogens with zero attached hydrogens (tertiary/aromatic N) is 2. The van der Waals surface area contributed by atoms with E-state index in [2.05, 4.69) is 35.7 Å². The van der Waals surface area contributed by atoms with E-state index in [0.29, 0.717) is 5.92 Å². The van der Waals surface area contributed by atoms with E-state index in [1.807, 2.05) is 0 Å². The third-order valence-electron chi connectivity index (χ3n) is 3.69. The topological polar surface area (TPSA) is 17.3 Å². The molecule has 0 saturated carbocycles. The fraction of sp³-hybridized carbons (Fsp3) is 0.500. The summed E-state index contributed by atoms with van der Waals surface area (Å²) in [6.45, 7) is 7.15. The summed E-state index contributed by atoms with van der Waals surface area (Å²) in [5.74, 6) is 0.421. The molecule has 7 heteroatoms. The Bertz CT molecular complexity index is 775. The van der Waals surface area contributed by atoms with E-state index < -0.39 is 11.7 Å². The second-order valence-corrected chi connectivity index (χ2v) is 7.64. The molecule has 0 radical (unpaired) electrons. The lowest BCUT2D eigenvalue weighted by atomic mass is 10.2. The number of aromatic nitrogens is 1. The van der Waals surface area contributed by atoms with E-state index in [1.165, 1.54) is 29.2 Å². The first kappa shape index (κ1) is 20.0. The standard InChI is InChI=1S/C18H22ClF3N2S/c1-4-5-6-14-11-25-17(24(14)10-12(2)3)23-13-7-8-16(19)15(9-13)18(20,21)22/h7-9,11-12H,4-6,10H2,1-3H3. The van der Waals surface area contributed by atoms with Gasteiger partial charge < -0.3 is 4.57 Å². The maximum absolute atomic E-state index is 13.0. The van der Waals surface area contributed by atoms with Crippen LogP contribution in [0, 0.1) is 5.92 Å². The molecule has 1 aromatic heterocycles. The molecule has 2 nitrogen and oxygen atoms in total. The predicted octanol–water partition coefficient (Wildman–Crippen LogP) is 6.45. The maximum atomic E-state index is 13.0. The summed E-state index contributed by atoms with van der Waals surface area (Å²) >= 11 is 7.14. The van der Waals surface area contributed by atoms with Gasteiger partial charge in [0.2, 0.25) is 0 Å². The van der Waals surface area contributed by atoms with Crippen molar-refractivity contribution < 1.29 is 13.2 Å². The highest BCUT2D eigenvalue weighted by Gasteiger charge is 2.33. The van der Waals surface area contributed by atoms with Gasteiger partial charge in [0.05, 0.1) is 16.3 Å². The van der Waals surface area contributed by atoms with Crippen LogP contribution >= 0.6 is 22.9 Å². The molecule has 0 atom stereocenters. The Hall–Kier alpha value is -1.27. The van der Waals surface area contributed by atoms with Crippen LogP contribution in [0.25, 0.3) is 0 Å². The summed E-state index contributed by atoms with van der Waals surface area (Å²) < 4.78 is 41.2. The molecule has 138 valence electrons. The van der Waals surface area contributed by atoms with Gasteiger partial charge >= 0.3 is 6.18 Å². The number of hydrogen-bond donors (Lipinski definition) is 0. The number of aryl methyl sites for hydroxylation is 1. The van der Waals surface area contributed by atoms with Crippen LogP contribution in [0.4, 0.5) is 18.9 Å². The molecule has 1 aromatic carbocycles. The number of rotatable bonds is 6. The van der Waals surface area contributed by atoms with Crippen molar-refractivity contribution in [1.82, 2.24) is 4.57 Å². The molecular formula is C18H22ClF3N2S. The second kappa shape index (κ2) is 8.41. The smallest absolute Gasteiger partial charge is 0.321 e. The summed E-state index contributed by atoms with van der Waals surface area (Å²) in [5, 5.41) is 1.74. The first-order valence-corrected chi connectivity index (χ1v) is 9.56. The van der Waals surface area contributed by atoms with Gasteiger partial charge in [-0.2, -0.15) is 13.2 Å². The monoisotopic (exact) mass is 390 g/mol. The molecule has 1 heterocycles. The molecule has 0 spiro atoms. The Balaban J connectivity index is 2.48.